The van der Waals surface area contributed by atoms with Gasteiger partial charge in [-0.25, -0.2) is 4.39 Å². The second-order valence-electron chi connectivity index (χ2n) is 5.36. The molecule has 0 aliphatic heterocycles. The van der Waals surface area contributed by atoms with Crippen LogP contribution in [0.4, 0.5) is 30.7 Å². The van der Waals surface area contributed by atoms with Crippen molar-refractivity contribution in [2.45, 2.75) is 25.9 Å². The lowest BCUT2D eigenvalue weighted by Crippen LogP contribution is -2.17. The van der Waals surface area contributed by atoms with Crippen molar-refractivity contribution in [3.63, 3.8) is 0 Å². The summed E-state index contributed by atoms with van der Waals surface area (Å²) >= 11 is 0. The lowest BCUT2D eigenvalue weighted by Gasteiger charge is -2.18. The number of benzene rings is 1. The molecule has 0 saturated carbocycles. The van der Waals surface area contributed by atoms with E-state index in [0.29, 0.717) is 12.1 Å². The lowest BCUT2D eigenvalue weighted by atomic mass is 9.99. The molecule has 0 heterocycles. The number of rotatable bonds is 3. The van der Waals surface area contributed by atoms with E-state index in [9.17, 15) is 35.5 Å². The number of hydrogen-bond acceptors (Lipinski definition) is 2. The van der Waals surface area contributed by atoms with Gasteiger partial charge in [-0.1, -0.05) is 6.07 Å². The Labute approximate surface area is 137 Å². The number of allylic oxidation sites excluding steroid dienone is 3. The number of carbonyl (C=O) groups excluding carboxylic acids is 1. The van der Waals surface area contributed by atoms with Gasteiger partial charge in [-0.15, -0.1) is 0 Å². The zero-order valence-electron chi connectivity index (χ0n) is 12.6. The standard InChI is InChI=1S/C16H11F7O2/c1-8-13(17)5-10(6-14(8)24)25-7-9-2-3-11(15(18,19)20)12(4-9)16(21,22)23/h2-6,8H,7H2,1H3. The van der Waals surface area contributed by atoms with Crippen LogP contribution < -0.4 is 0 Å². The van der Waals surface area contributed by atoms with Crippen LogP contribution in [0.5, 0.6) is 0 Å². The van der Waals surface area contributed by atoms with Crippen molar-refractivity contribution in [2.24, 2.45) is 5.92 Å². The molecule has 25 heavy (non-hydrogen) atoms. The Morgan fingerprint density at radius 1 is 1.00 bits per heavy atom. The summed E-state index contributed by atoms with van der Waals surface area (Å²) in [7, 11) is 0. The highest BCUT2D eigenvalue weighted by Gasteiger charge is 2.43. The van der Waals surface area contributed by atoms with Crippen molar-refractivity contribution < 1.29 is 40.3 Å². The fraction of sp³-hybridized carbons (Fsp3) is 0.312. The molecule has 1 aromatic rings. The highest BCUT2D eigenvalue weighted by molar-refractivity contribution is 5.95. The Morgan fingerprint density at radius 3 is 2.12 bits per heavy atom. The van der Waals surface area contributed by atoms with Crippen LogP contribution in [0.3, 0.4) is 0 Å². The molecule has 0 aromatic heterocycles. The maximum Gasteiger partial charge on any atom is 0.417 e. The maximum atomic E-state index is 13.5. The van der Waals surface area contributed by atoms with Crippen molar-refractivity contribution >= 4 is 5.78 Å². The van der Waals surface area contributed by atoms with Gasteiger partial charge < -0.3 is 4.74 Å². The zero-order valence-corrected chi connectivity index (χ0v) is 12.6. The topological polar surface area (TPSA) is 26.3 Å². The predicted octanol–water partition coefficient (Wildman–Crippen LogP) is 5.20. The van der Waals surface area contributed by atoms with Gasteiger partial charge >= 0.3 is 12.4 Å². The van der Waals surface area contributed by atoms with E-state index in [-0.39, 0.29) is 11.3 Å². The molecule has 0 bridgehead atoms. The van der Waals surface area contributed by atoms with Crippen LogP contribution >= 0.6 is 0 Å². The van der Waals surface area contributed by atoms with Crippen LogP contribution in [-0.2, 0) is 28.5 Å². The second-order valence-corrected chi connectivity index (χ2v) is 5.36. The molecular weight excluding hydrogens is 357 g/mol. The Morgan fingerprint density at radius 2 is 1.60 bits per heavy atom. The van der Waals surface area contributed by atoms with E-state index < -0.39 is 47.6 Å². The van der Waals surface area contributed by atoms with Crippen molar-refractivity contribution in [3.05, 3.63) is 58.6 Å². The molecule has 1 aliphatic carbocycles. The summed E-state index contributed by atoms with van der Waals surface area (Å²) in [5.41, 5.74) is -3.86. The van der Waals surface area contributed by atoms with E-state index in [2.05, 4.69) is 0 Å². The van der Waals surface area contributed by atoms with E-state index >= 15 is 0 Å². The fourth-order valence-electron chi connectivity index (χ4n) is 2.12. The third-order valence-electron chi connectivity index (χ3n) is 3.51. The summed E-state index contributed by atoms with van der Waals surface area (Å²) in [6, 6.07) is 1.45. The summed E-state index contributed by atoms with van der Waals surface area (Å²) in [5, 5.41) is 0. The first-order chi connectivity index (χ1) is 11.4. The second kappa shape index (κ2) is 6.53. The minimum atomic E-state index is -5.21. The molecule has 0 N–H and O–H groups in total. The summed E-state index contributed by atoms with van der Waals surface area (Å²) < 4.78 is 95.1. The summed E-state index contributed by atoms with van der Waals surface area (Å²) in [6.07, 6.45) is -8.49. The maximum absolute atomic E-state index is 13.5. The number of alkyl halides is 6. The minimum absolute atomic E-state index is 0.207. The molecule has 136 valence electrons. The number of halogens is 7. The smallest absolute Gasteiger partial charge is 0.417 e. The van der Waals surface area contributed by atoms with Gasteiger partial charge in [0.05, 0.1) is 17.0 Å². The highest BCUT2D eigenvalue weighted by Crippen LogP contribution is 2.40. The van der Waals surface area contributed by atoms with Crippen LogP contribution in [-0.4, -0.2) is 5.78 Å². The molecule has 0 radical (unpaired) electrons. The Hall–Kier alpha value is -2.32. The van der Waals surface area contributed by atoms with Gasteiger partial charge in [0.25, 0.3) is 0 Å². The average Bonchev–Trinajstić information content (AvgIpc) is 2.48. The number of hydrogen-bond donors (Lipinski definition) is 0. The molecule has 9 heteroatoms. The molecule has 1 atom stereocenters. The summed E-state index contributed by atoms with van der Waals surface area (Å²) in [6.45, 7) is 0.769. The molecule has 0 amide bonds. The first kappa shape index (κ1) is 19.0. The zero-order chi connectivity index (χ0) is 19.0. The van der Waals surface area contributed by atoms with Crippen molar-refractivity contribution in [2.75, 3.05) is 0 Å². The molecule has 0 spiro atoms. The van der Waals surface area contributed by atoms with Crippen LogP contribution in [0.25, 0.3) is 0 Å². The van der Waals surface area contributed by atoms with Crippen LogP contribution in [0.1, 0.15) is 23.6 Å². The fourth-order valence-corrected chi connectivity index (χ4v) is 2.12. The molecule has 2 nitrogen and oxygen atoms in total. The largest absolute Gasteiger partial charge is 0.489 e. The first-order valence-electron chi connectivity index (χ1n) is 6.92. The first-order valence-corrected chi connectivity index (χ1v) is 6.92. The number of carbonyl (C=O) groups is 1. The molecule has 2 rings (SSSR count). The minimum Gasteiger partial charge on any atom is -0.489 e. The van der Waals surface area contributed by atoms with Gasteiger partial charge in [-0.05, 0) is 24.6 Å². The van der Waals surface area contributed by atoms with Crippen LogP contribution in [0, 0.1) is 5.92 Å². The number of ether oxygens (including phenoxy) is 1. The Bertz CT molecular complexity index is 742. The number of ketones is 1. The van der Waals surface area contributed by atoms with Gasteiger partial charge in [0.15, 0.2) is 5.78 Å². The van der Waals surface area contributed by atoms with Crippen molar-refractivity contribution in [1.29, 1.82) is 0 Å². The van der Waals surface area contributed by atoms with E-state index in [1.165, 1.54) is 6.92 Å². The third-order valence-corrected chi connectivity index (χ3v) is 3.51. The molecule has 1 aliphatic rings. The third kappa shape index (κ3) is 4.40. The summed E-state index contributed by atoms with van der Waals surface area (Å²) in [4.78, 5) is 11.5. The average molecular weight is 368 g/mol. The van der Waals surface area contributed by atoms with Gasteiger partial charge in [0, 0.05) is 12.2 Å². The monoisotopic (exact) mass is 368 g/mol. The Balaban J connectivity index is 2.25. The van der Waals surface area contributed by atoms with Crippen LogP contribution in [0.15, 0.2) is 41.9 Å². The van der Waals surface area contributed by atoms with Gasteiger partial charge in [-0.3, -0.25) is 4.79 Å². The van der Waals surface area contributed by atoms with E-state index in [1.807, 2.05) is 0 Å². The Kier molecular flexibility index (Phi) is 4.97. The van der Waals surface area contributed by atoms with Crippen LogP contribution in [0.2, 0.25) is 0 Å². The molecule has 0 saturated heterocycles. The van der Waals surface area contributed by atoms with E-state index in [4.69, 9.17) is 4.74 Å². The quantitative estimate of drug-likeness (QED) is 0.686. The summed E-state index contributed by atoms with van der Waals surface area (Å²) in [5.74, 6) is -2.55. The van der Waals surface area contributed by atoms with Crippen molar-refractivity contribution in [1.82, 2.24) is 0 Å². The molecule has 1 aromatic carbocycles. The molecule has 1 unspecified atom stereocenters. The normalized spacial score (nSPS) is 18.7. The molecule has 0 fully saturated rings. The highest BCUT2D eigenvalue weighted by atomic mass is 19.4. The SMILES string of the molecule is CC1C(=O)C=C(OCc2ccc(C(F)(F)F)c(C(F)(F)F)c2)C=C1F. The van der Waals surface area contributed by atoms with Crippen molar-refractivity contribution in [3.8, 4) is 0 Å². The van der Waals surface area contributed by atoms with Gasteiger partial charge in [0.2, 0.25) is 0 Å². The molecular formula is C16H11F7O2. The van der Waals surface area contributed by atoms with Gasteiger partial charge in [0.1, 0.15) is 18.2 Å². The van der Waals surface area contributed by atoms with Gasteiger partial charge in [-0.2, -0.15) is 26.3 Å². The predicted molar refractivity (Wildman–Crippen MR) is 72.7 cm³/mol. The lowest BCUT2D eigenvalue weighted by molar-refractivity contribution is -0.162. The van der Waals surface area contributed by atoms with E-state index in [0.717, 1.165) is 18.2 Å². The van der Waals surface area contributed by atoms with E-state index in [1.54, 1.807) is 0 Å².